The molecule has 0 bridgehead atoms. The van der Waals surface area contributed by atoms with Gasteiger partial charge in [-0.15, -0.1) is 0 Å². The van der Waals surface area contributed by atoms with E-state index < -0.39 is 29.7 Å². The van der Waals surface area contributed by atoms with Crippen molar-refractivity contribution in [2.24, 2.45) is 0 Å². The first-order valence-electron chi connectivity index (χ1n) is 5.77. The summed E-state index contributed by atoms with van der Waals surface area (Å²) in [6.07, 6.45) is -1.90. The Morgan fingerprint density at radius 1 is 1.47 bits per heavy atom. The van der Waals surface area contributed by atoms with Crippen LogP contribution in [0, 0.1) is 0 Å². The summed E-state index contributed by atoms with van der Waals surface area (Å²) < 4.78 is 16.7. The van der Waals surface area contributed by atoms with Crippen molar-refractivity contribution in [1.82, 2.24) is 0 Å². The Bertz CT molecular complexity index is 269. The molecule has 1 aliphatic heterocycles. The van der Waals surface area contributed by atoms with Gasteiger partial charge in [-0.1, -0.05) is 0 Å². The molecular formula is C12H22O5. The lowest BCUT2D eigenvalue weighted by molar-refractivity contribution is -0.189. The minimum absolute atomic E-state index is 0.304. The third-order valence-electron chi connectivity index (χ3n) is 2.36. The molecule has 1 heterocycles. The average molecular weight is 246 g/mol. The highest BCUT2D eigenvalue weighted by molar-refractivity contribution is 5.56. The minimum atomic E-state index is -1.21. The Morgan fingerprint density at radius 2 is 2.06 bits per heavy atom. The number of carbonyl (C=O) groups is 1. The van der Waals surface area contributed by atoms with Crippen molar-refractivity contribution in [1.29, 1.82) is 0 Å². The van der Waals surface area contributed by atoms with Crippen LogP contribution >= 0.6 is 0 Å². The number of aliphatic hydroxyl groups excluding tert-OH is 1. The third-order valence-corrected chi connectivity index (χ3v) is 2.36. The summed E-state index contributed by atoms with van der Waals surface area (Å²) in [7, 11) is 0. The van der Waals surface area contributed by atoms with Gasteiger partial charge in [0.2, 0.25) is 0 Å². The zero-order valence-electron chi connectivity index (χ0n) is 11.1. The number of hydrogen-bond acceptors (Lipinski definition) is 5. The first-order chi connectivity index (χ1) is 7.64. The summed E-state index contributed by atoms with van der Waals surface area (Å²) in [6, 6.07) is 0. The lowest BCUT2D eigenvalue weighted by Gasteiger charge is -2.32. The molecule has 1 fully saturated rings. The summed E-state index contributed by atoms with van der Waals surface area (Å²) in [6.45, 7) is 9.46. The van der Waals surface area contributed by atoms with Crippen LogP contribution in [0.4, 0.5) is 0 Å². The van der Waals surface area contributed by atoms with Crippen LogP contribution < -0.4 is 0 Å². The molecule has 0 amide bonds. The van der Waals surface area contributed by atoms with Gasteiger partial charge in [0.25, 0.3) is 0 Å². The second-order valence-electron chi connectivity index (χ2n) is 5.69. The Kier molecular flexibility index (Phi) is 4.30. The molecule has 100 valence electrons. The van der Waals surface area contributed by atoms with Crippen molar-refractivity contribution in [2.75, 3.05) is 6.61 Å². The number of ether oxygens (including phenoxy) is 3. The van der Waals surface area contributed by atoms with E-state index in [0.717, 1.165) is 0 Å². The van der Waals surface area contributed by atoms with Crippen molar-refractivity contribution in [3.63, 3.8) is 0 Å². The summed E-state index contributed by atoms with van der Waals surface area (Å²) in [4.78, 5) is 10.7. The van der Waals surface area contributed by atoms with Gasteiger partial charge in [0.05, 0.1) is 12.2 Å². The van der Waals surface area contributed by atoms with Crippen molar-refractivity contribution < 1.29 is 24.1 Å². The van der Waals surface area contributed by atoms with Gasteiger partial charge in [-0.2, -0.15) is 0 Å². The highest BCUT2D eigenvalue weighted by atomic mass is 16.8. The summed E-state index contributed by atoms with van der Waals surface area (Å²) in [5.41, 5.74) is -0.468. The zero-order valence-corrected chi connectivity index (χ0v) is 11.1. The van der Waals surface area contributed by atoms with Gasteiger partial charge in [0.1, 0.15) is 18.3 Å². The van der Waals surface area contributed by atoms with Crippen LogP contribution in [0.1, 0.15) is 34.6 Å². The standard InChI is InChI=1S/C12H22O5/c1-11(2,3)17-10(8(14)6-13)9-7-15-12(4,5)16-9/h6,8-10,14H,7H2,1-5H3/t8-,9-,10+/m1/s1. The normalized spacial score (nSPS) is 27.8. The number of rotatable bonds is 4. The smallest absolute Gasteiger partial charge is 0.163 e. The number of aliphatic hydroxyl groups is 1. The fraction of sp³-hybridized carbons (Fsp3) is 0.917. The molecule has 5 heteroatoms. The fourth-order valence-corrected chi connectivity index (χ4v) is 1.73. The first-order valence-corrected chi connectivity index (χ1v) is 5.77. The summed E-state index contributed by atoms with van der Waals surface area (Å²) in [5.74, 6) is -0.702. The van der Waals surface area contributed by atoms with Crippen LogP contribution in [0.2, 0.25) is 0 Å². The summed E-state index contributed by atoms with van der Waals surface area (Å²) >= 11 is 0. The molecule has 5 nitrogen and oxygen atoms in total. The molecule has 1 aliphatic rings. The zero-order chi connectivity index (χ0) is 13.3. The monoisotopic (exact) mass is 246 g/mol. The Balaban J connectivity index is 2.74. The second-order valence-corrected chi connectivity index (χ2v) is 5.69. The molecule has 0 aromatic rings. The van der Waals surface area contributed by atoms with E-state index in [1.165, 1.54) is 0 Å². The lowest BCUT2D eigenvalue weighted by Crippen LogP contribution is -2.46. The molecule has 0 radical (unpaired) electrons. The molecule has 1 N–H and O–H groups in total. The van der Waals surface area contributed by atoms with Crippen LogP contribution in [0.5, 0.6) is 0 Å². The lowest BCUT2D eigenvalue weighted by atomic mass is 10.1. The van der Waals surface area contributed by atoms with Crippen LogP contribution in [0.25, 0.3) is 0 Å². The Labute approximate surface area is 102 Å². The van der Waals surface area contributed by atoms with Gasteiger partial charge >= 0.3 is 0 Å². The molecule has 0 saturated carbocycles. The van der Waals surface area contributed by atoms with Crippen LogP contribution in [-0.2, 0) is 19.0 Å². The van der Waals surface area contributed by atoms with E-state index in [1.54, 1.807) is 13.8 Å². The summed E-state index contributed by atoms with van der Waals surface area (Å²) in [5, 5.41) is 9.68. The van der Waals surface area contributed by atoms with E-state index in [-0.39, 0.29) is 0 Å². The van der Waals surface area contributed by atoms with Gasteiger partial charge in [0.15, 0.2) is 12.1 Å². The van der Waals surface area contributed by atoms with E-state index >= 15 is 0 Å². The van der Waals surface area contributed by atoms with Gasteiger partial charge in [-0.05, 0) is 34.6 Å². The van der Waals surface area contributed by atoms with E-state index in [4.69, 9.17) is 14.2 Å². The van der Waals surface area contributed by atoms with Crippen molar-refractivity contribution >= 4 is 6.29 Å². The fourth-order valence-electron chi connectivity index (χ4n) is 1.73. The van der Waals surface area contributed by atoms with Crippen LogP contribution in [-0.4, -0.2) is 47.7 Å². The number of carbonyl (C=O) groups excluding carboxylic acids is 1. The predicted molar refractivity (Wildman–Crippen MR) is 61.6 cm³/mol. The minimum Gasteiger partial charge on any atom is -0.383 e. The molecule has 0 unspecified atom stereocenters. The molecule has 1 rings (SSSR count). The van der Waals surface area contributed by atoms with E-state index in [9.17, 15) is 9.90 Å². The molecule has 17 heavy (non-hydrogen) atoms. The van der Waals surface area contributed by atoms with Crippen LogP contribution in [0.15, 0.2) is 0 Å². The van der Waals surface area contributed by atoms with Gasteiger partial charge < -0.3 is 24.1 Å². The molecule has 3 atom stereocenters. The van der Waals surface area contributed by atoms with Crippen molar-refractivity contribution in [2.45, 2.75) is 64.3 Å². The van der Waals surface area contributed by atoms with E-state index in [0.29, 0.717) is 12.9 Å². The van der Waals surface area contributed by atoms with Crippen LogP contribution in [0.3, 0.4) is 0 Å². The van der Waals surface area contributed by atoms with Crippen molar-refractivity contribution in [3.8, 4) is 0 Å². The average Bonchev–Trinajstić information content (AvgIpc) is 2.52. The maximum absolute atomic E-state index is 10.7. The van der Waals surface area contributed by atoms with Gasteiger partial charge in [0, 0.05) is 0 Å². The quantitative estimate of drug-likeness (QED) is 0.746. The largest absolute Gasteiger partial charge is 0.383 e. The first kappa shape index (κ1) is 14.6. The van der Waals surface area contributed by atoms with E-state index in [2.05, 4.69) is 0 Å². The number of aldehydes is 1. The maximum atomic E-state index is 10.7. The third kappa shape index (κ3) is 4.35. The second kappa shape index (κ2) is 5.02. The molecule has 1 saturated heterocycles. The maximum Gasteiger partial charge on any atom is 0.163 e. The topological polar surface area (TPSA) is 65.0 Å². The Morgan fingerprint density at radius 3 is 2.41 bits per heavy atom. The van der Waals surface area contributed by atoms with Gasteiger partial charge in [-0.25, -0.2) is 0 Å². The highest BCUT2D eigenvalue weighted by Crippen LogP contribution is 2.28. The molecule has 0 aromatic heterocycles. The van der Waals surface area contributed by atoms with Crippen molar-refractivity contribution in [3.05, 3.63) is 0 Å². The molecular weight excluding hydrogens is 224 g/mol. The van der Waals surface area contributed by atoms with E-state index in [1.807, 2.05) is 20.8 Å². The molecule has 0 aromatic carbocycles. The Hall–Kier alpha value is -0.490. The molecule has 0 spiro atoms. The number of hydrogen-bond donors (Lipinski definition) is 1. The predicted octanol–water partition coefficient (Wildman–Crippen LogP) is 0.881. The highest BCUT2D eigenvalue weighted by Gasteiger charge is 2.42. The van der Waals surface area contributed by atoms with Gasteiger partial charge in [-0.3, -0.25) is 0 Å². The molecule has 0 aliphatic carbocycles. The SMILES string of the molecule is CC(C)(C)O[C@@H]([C@H](O)C=O)[C@H]1COC(C)(C)O1.